The van der Waals surface area contributed by atoms with E-state index in [4.69, 9.17) is 9.47 Å². The van der Waals surface area contributed by atoms with Gasteiger partial charge in [0.25, 0.3) is 11.7 Å². The number of hydrogen-bond donors (Lipinski definition) is 2. The number of rotatable bonds is 6. The van der Waals surface area contributed by atoms with E-state index in [9.17, 15) is 19.1 Å². The van der Waals surface area contributed by atoms with Crippen LogP contribution in [0.3, 0.4) is 0 Å². The summed E-state index contributed by atoms with van der Waals surface area (Å²) in [5, 5.41) is 11.2. The number of hydrogen-bond acceptors (Lipinski definition) is 5. The van der Waals surface area contributed by atoms with E-state index in [1.54, 1.807) is 36.8 Å². The largest absolute Gasteiger partial charge is 0.507 e. The molecule has 0 bridgehead atoms. The van der Waals surface area contributed by atoms with Gasteiger partial charge in [-0.1, -0.05) is 12.1 Å². The number of ketones is 1. The molecule has 0 spiro atoms. The molecule has 3 heterocycles. The number of benzene rings is 2. The summed E-state index contributed by atoms with van der Waals surface area (Å²) in [6.07, 6.45) is 6.00. The van der Waals surface area contributed by atoms with Crippen LogP contribution in [0, 0.1) is 5.82 Å². The molecule has 0 radical (unpaired) electrons. The summed E-state index contributed by atoms with van der Waals surface area (Å²) >= 11 is 0. The molecule has 2 aliphatic rings. The molecule has 5 rings (SSSR count). The van der Waals surface area contributed by atoms with Crippen molar-refractivity contribution in [3.05, 3.63) is 83.7 Å². The van der Waals surface area contributed by atoms with Crippen molar-refractivity contribution in [2.75, 3.05) is 19.8 Å². The van der Waals surface area contributed by atoms with E-state index in [1.807, 2.05) is 10.8 Å². The van der Waals surface area contributed by atoms with Gasteiger partial charge in [-0.15, -0.1) is 0 Å². The highest BCUT2D eigenvalue weighted by Crippen LogP contribution is 2.41. The molecule has 1 fully saturated rings. The average Bonchev–Trinajstić information content (AvgIpc) is 3.45. The average molecular weight is 464 g/mol. The van der Waals surface area contributed by atoms with Crippen LogP contribution in [-0.2, 0) is 16.1 Å². The third kappa shape index (κ3) is 4.00. The van der Waals surface area contributed by atoms with Gasteiger partial charge < -0.3 is 19.5 Å². The summed E-state index contributed by atoms with van der Waals surface area (Å²) < 4.78 is 27.1. The Labute approximate surface area is 194 Å². The first-order chi connectivity index (χ1) is 16.5. The topological polar surface area (TPSA) is 95.7 Å². The molecule has 174 valence electrons. The minimum atomic E-state index is -0.917. The van der Waals surface area contributed by atoms with Crippen molar-refractivity contribution in [3.63, 3.8) is 0 Å². The van der Waals surface area contributed by atoms with E-state index < -0.39 is 23.5 Å². The van der Waals surface area contributed by atoms with Gasteiger partial charge in [0.2, 0.25) is 6.33 Å². The number of carbonyl (C=O) groups is 2. The second-order valence-corrected chi connectivity index (χ2v) is 8.11. The van der Waals surface area contributed by atoms with Crippen molar-refractivity contribution in [1.29, 1.82) is 0 Å². The SMILES string of the molecule is O=C1C(=O)N(CCC[n+]2cc[nH]c2)C(c2cccc(F)c2)C1=C(O)c1ccc2c(c1)OCCO2. The van der Waals surface area contributed by atoms with Gasteiger partial charge in [-0.25, -0.2) is 8.96 Å². The highest BCUT2D eigenvalue weighted by Gasteiger charge is 2.46. The van der Waals surface area contributed by atoms with Crippen molar-refractivity contribution in [2.24, 2.45) is 0 Å². The molecule has 1 amide bonds. The molecule has 2 N–H and O–H groups in total. The second kappa shape index (κ2) is 9.01. The first-order valence-corrected chi connectivity index (χ1v) is 11.0. The zero-order valence-corrected chi connectivity index (χ0v) is 18.2. The van der Waals surface area contributed by atoms with Crippen molar-refractivity contribution in [3.8, 4) is 11.5 Å². The number of aliphatic hydroxyl groups is 1. The van der Waals surface area contributed by atoms with Gasteiger partial charge in [-0.05, 0) is 35.9 Å². The van der Waals surface area contributed by atoms with Crippen molar-refractivity contribution < 1.29 is 33.1 Å². The summed E-state index contributed by atoms with van der Waals surface area (Å²) in [7, 11) is 0. The summed E-state index contributed by atoms with van der Waals surface area (Å²) in [5.74, 6) is -1.40. The zero-order chi connectivity index (χ0) is 23.7. The summed E-state index contributed by atoms with van der Waals surface area (Å²) in [6, 6.07) is 9.63. The van der Waals surface area contributed by atoms with E-state index >= 15 is 0 Å². The maximum Gasteiger partial charge on any atom is 0.295 e. The van der Waals surface area contributed by atoms with Crippen LogP contribution in [0.25, 0.3) is 5.76 Å². The second-order valence-electron chi connectivity index (χ2n) is 8.11. The van der Waals surface area contributed by atoms with Gasteiger partial charge in [0.15, 0.2) is 11.5 Å². The van der Waals surface area contributed by atoms with Gasteiger partial charge in [0.05, 0.1) is 18.2 Å². The lowest BCUT2D eigenvalue weighted by atomic mass is 9.95. The number of H-pyrrole nitrogens is 1. The molecular weight excluding hydrogens is 441 g/mol. The number of nitrogens with zero attached hydrogens (tertiary/aromatic N) is 2. The third-order valence-electron chi connectivity index (χ3n) is 5.94. The molecule has 8 nitrogen and oxygen atoms in total. The molecule has 1 saturated heterocycles. The van der Waals surface area contributed by atoms with E-state index in [0.29, 0.717) is 48.8 Å². The minimum Gasteiger partial charge on any atom is -0.507 e. The number of carbonyl (C=O) groups excluding carboxylic acids is 2. The fourth-order valence-corrected chi connectivity index (χ4v) is 4.36. The highest BCUT2D eigenvalue weighted by atomic mass is 19.1. The zero-order valence-electron chi connectivity index (χ0n) is 18.2. The molecule has 0 saturated carbocycles. The molecular formula is C25H23FN3O5+. The molecule has 2 aromatic carbocycles. The Balaban J connectivity index is 1.54. The van der Waals surface area contributed by atoms with Gasteiger partial charge in [-0.3, -0.25) is 14.6 Å². The van der Waals surface area contributed by atoms with E-state index in [0.717, 1.165) is 0 Å². The lowest BCUT2D eigenvalue weighted by molar-refractivity contribution is -0.695. The molecule has 9 heteroatoms. The monoisotopic (exact) mass is 464 g/mol. The standard InChI is InChI=1S/C25H22FN3O5/c26-18-4-1-3-16(13-18)22-21(23(30)17-5-6-19-20(14-17)34-12-11-33-19)24(31)25(32)29(22)9-2-8-28-10-7-27-15-28/h1,3-7,10,13-15,22H,2,8-9,11-12H2,(H,30,31)/p+1. The van der Waals surface area contributed by atoms with Crippen LogP contribution in [0.5, 0.6) is 11.5 Å². The predicted molar refractivity (Wildman–Crippen MR) is 118 cm³/mol. The van der Waals surface area contributed by atoms with Gasteiger partial charge >= 0.3 is 0 Å². The number of likely N-dealkylation sites (tertiary alicyclic amines) is 1. The van der Waals surface area contributed by atoms with Crippen LogP contribution in [0.1, 0.15) is 23.6 Å². The smallest absolute Gasteiger partial charge is 0.295 e. The highest BCUT2D eigenvalue weighted by molar-refractivity contribution is 6.46. The fraction of sp³-hybridized carbons (Fsp3) is 0.240. The normalized spacial score (nSPS) is 19.0. The van der Waals surface area contributed by atoms with Crippen LogP contribution in [0.15, 0.2) is 66.8 Å². The van der Waals surface area contributed by atoms with Crippen LogP contribution in [0.4, 0.5) is 4.39 Å². The first-order valence-electron chi connectivity index (χ1n) is 11.0. The Morgan fingerprint density at radius 2 is 1.97 bits per heavy atom. The molecule has 1 aromatic heterocycles. The molecule has 1 atom stereocenters. The quantitative estimate of drug-likeness (QED) is 0.253. The van der Waals surface area contributed by atoms with Gasteiger partial charge in [0.1, 0.15) is 37.2 Å². The van der Waals surface area contributed by atoms with E-state index in [1.165, 1.54) is 23.1 Å². The molecule has 0 aliphatic carbocycles. The number of ether oxygens (including phenoxy) is 2. The Morgan fingerprint density at radius 3 is 2.74 bits per heavy atom. The predicted octanol–water partition coefficient (Wildman–Crippen LogP) is 2.72. The number of aryl methyl sites for hydroxylation is 1. The number of imidazole rings is 1. The summed E-state index contributed by atoms with van der Waals surface area (Å²) in [5.41, 5.74) is 0.640. The Morgan fingerprint density at radius 1 is 1.15 bits per heavy atom. The number of fused-ring (bicyclic) bond motifs is 1. The van der Waals surface area contributed by atoms with E-state index in [2.05, 4.69) is 4.98 Å². The Bertz CT molecular complexity index is 1270. The summed E-state index contributed by atoms with van der Waals surface area (Å²) in [4.78, 5) is 30.5. The van der Waals surface area contributed by atoms with Crippen molar-refractivity contribution in [1.82, 2.24) is 9.88 Å². The van der Waals surface area contributed by atoms with Gasteiger partial charge in [-0.2, -0.15) is 0 Å². The number of aliphatic hydroxyl groups excluding tert-OH is 1. The van der Waals surface area contributed by atoms with Crippen molar-refractivity contribution >= 4 is 17.4 Å². The Kier molecular flexibility index (Phi) is 5.75. The van der Waals surface area contributed by atoms with Crippen molar-refractivity contribution in [2.45, 2.75) is 19.0 Å². The maximum absolute atomic E-state index is 14.1. The fourth-order valence-electron chi connectivity index (χ4n) is 4.36. The van der Waals surface area contributed by atoms with Crippen LogP contribution >= 0.6 is 0 Å². The Hall–Kier alpha value is -4.14. The lowest BCUT2D eigenvalue weighted by Crippen LogP contribution is -2.36. The van der Waals surface area contributed by atoms with Crippen LogP contribution in [0.2, 0.25) is 0 Å². The number of aromatic amines is 1. The number of Topliss-reactive ketones (excluding diaryl/α,β-unsaturated/α-hetero) is 1. The number of halogens is 1. The maximum atomic E-state index is 14.1. The lowest BCUT2D eigenvalue weighted by Gasteiger charge is -2.25. The number of aromatic nitrogens is 2. The van der Waals surface area contributed by atoms with Crippen LogP contribution in [-0.4, -0.2) is 46.4 Å². The molecule has 1 unspecified atom stereocenters. The molecule has 3 aromatic rings. The number of nitrogens with one attached hydrogen (secondary N) is 1. The minimum absolute atomic E-state index is 0.0819. The molecule has 2 aliphatic heterocycles. The number of amides is 1. The van der Waals surface area contributed by atoms with Gasteiger partial charge in [0, 0.05) is 18.5 Å². The molecule has 34 heavy (non-hydrogen) atoms. The third-order valence-corrected chi connectivity index (χ3v) is 5.94. The summed E-state index contributed by atoms with van der Waals surface area (Å²) in [6.45, 7) is 1.65. The first kappa shape index (κ1) is 21.7. The van der Waals surface area contributed by atoms with Crippen LogP contribution < -0.4 is 14.0 Å². The van der Waals surface area contributed by atoms with E-state index in [-0.39, 0.29) is 17.9 Å².